The molecule has 2 saturated heterocycles. The minimum absolute atomic E-state index is 0.0580. The molecular formula is C12H15ClN4O3S. The van der Waals surface area contributed by atoms with Crippen LogP contribution in [0.25, 0.3) is 0 Å². The number of hydrogen-bond acceptors (Lipinski definition) is 4. The van der Waals surface area contributed by atoms with Crippen molar-refractivity contribution in [2.45, 2.75) is 10.9 Å². The van der Waals surface area contributed by atoms with Crippen LogP contribution in [0, 0.1) is 0 Å². The highest BCUT2D eigenvalue weighted by Crippen LogP contribution is 2.31. The van der Waals surface area contributed by atoms with E-state index >= 15 is 0 Å². The van der Waals surface area contributed by atoms with Gasteiger partial charge in [0.05, 0.1) is 16.8 Å². The van der Waals surface area contributed by atoms with Gasteiger partial charge in [0.25, 0.3) is 0 Å². The predicted molar refractivity (Wildman–Crippen MR) is 78.5 cm³/mol. The molecule has 1 aromatic rings. The van der Waals surface area contributed by atoms with Crippen molar-refractivity contribution in [2.75, 3.05) is 31.9 Å². The first kappa shape index (κ1) is 14.4. The van der Waals surface area contributed by atoms with E-state index in [9.17, 15) is 13.2 Å². The van der Waals surface area contributed by atoms with E-state index in [1.165, 1.54) is 16.4 Å². The lowest BCUT2D eigenvalue weighted by molar-refractivity contribution is 0.164. The minimum Gasteiger partial charge on any atom is -0.398 e. The number of carbonyl (C=O) groups excluding carboxylic acids is 1. The molecule has 0 spiro atoms. The van der Waals surface area contributed by atoms with Gasteiger partial charge in [0.15, 0.2) is 0 Å². The standard InChI is InChI=1S/C12H15ClN4O3S/c13-9-2-1-3-10(14)11(9)21(19,20)16-4-5-17-8(7-16)6-15-12(17)18/h1-3,8H,4-7,14H2,(H,15,18). The van der Waals surface area contributed by atoms with Crippen molar-refractivity contribution in [3.8, 4) is 0 Å². The van der Waals surface area contributed by atoms with Crippen LogP contribution in [0.4, 0.5) is 10.5 Å². The van der Waals surface area contributed by atoms with E-state index in [1.807, 2.05) is 0 Å². The van der Waals surface area contributed by atoms with Crippen molar-refractivity contribution in [1.29, 1.82) is 0 Å². The summed E-state index contributed by atoms with van der Waals surface area (Å²) in [5.74, 6) is 0. The van der Waals surface area contributed by atoms with Crippen molar-refractivity contribution >= 4 is 33.3 Å². The van der Waals surface area contributed by atoms with E-state index in [0.29, 0.717) is 13.1 Å². The Labute approximate surface area is 127 Å². The van der Waals surface area contributed by atoms with Gasteiger partial charge in [0.2, 0.25) is 10.0 Å². The van der Waals surface area contributed by atoms with Gasteiger partial charge in [-0.2, -0.15) is 4.31 Å². The molecule has 0 radical (unpaired) electrons. The number of urea groups is 1. The van der Waals surface area contributed by atoms with Crippen LogP contribution in [0.3, 0.4) is 0 Å². The van der Waals surface area contributed by atoms with Gasteiger partial charge in [-0.15, -0.1) is 0 Å². The number of nitrogens with zero attached hydrogens (tertiary/aromatic N) is 2. The average Bonchev–Trinajstić information content (AvgIpc) is 2.79. The number of rotatable bonds is 2. The van der Waals surface area contributed by atoms with Gasteiger partial charge in [0, 0.05) is 26.2 Å². The molecule has 1 unspecified atom stereocenters. The molecule has 3 N–H and O–H groups in total. The zero-order valence-corrected chi connectivity index (χ0v) is 12.7. The van der Waals surface area contributed by atoms with Crippen LogP contribution in [0.15, 0.2) is 23.1 Å². The first-order chi connectivity index (χ1) is 9.91. The van der Waals surface area contributed by atoms with Crippen LogP contribution in [-0.2, 0) is 10.0 Å². The lowest BCUT2D eigenvalue weighted by Gasteiger charge is -2.35. The molecule has 2 fully saturated rings. The molecular weight excluding hydrogens is 316 g/mol. The molecule has 0 aliphatic carbocycles. The highest BCUT2D eigenvalue weighted by molar-refractivity contribution is 7.89. The molecule has 0 saturated carbocycles. The van der Waals surface area contributed by atoms with Crippen LogP contribution < -0.4 is 11.1 Å². The maximum Gasteiger partial charge on any atom is 0.317 e. The van der Waals surface area contributed by atoms with Crippen LogP contribution in [-0.4, -0.2) is 55.9 Å². The molecule has 3 rings (SSSR count). The number of benzene rings is 1. The number of sulfonamides is 1. The number of nitrogens with two attached hydrogens (primary N) is 1. The van der Waals surface area contributed by atoms with Gasteiger partial charge in [-0.1, -0.05) is 17.7 Å². The van der Waals surface area contributed by atoms with Gasteiger partial charge in [-0.3, -0.25) is 0 Å². The molecule has 2 heterocycles. The Morgan fingerprint density at radius 1 is 1.33 bits per heavy atom. The normalized spacial score (nSPS) is 23.0. The number of nitrogen functional groups attached to an aromatic ring is 1. The third-order valence-corrected chi connectivity index (χ3v) is 6.20. The molecule has 2 aliphatic rings. The van der Waals surface area contributed by atoms with E-state index in [4.69, 9.17) is 17.3 Å². The summed E-state index contributed by atoms with van der Waals surface area (Å²) in [6.45, 7) is 1.28. The number of amides is 2. The molecule has 0 aromatic heterocycles. The molecule has 2 aliphatic heterocycles. The van der Waals surface area contributed by atoms with E-state index in [-0.39, 0.29) is 40.8 Å². The fraction of sp³-hybridized carbons (Fsp3) is 0.417. The van der Waals surface area contributed by atoms with Crippen molar-refractivity contribution in [1.82, 2.24) is 14.5 Å². The molecule has 2 amide bonds. The summed E-state index contributed by atoms with van der Waals surface area (Å²) >= 11 is 6.00. The predicted octanol–water partition coefficient (Wildman–Crippen LogP) is 0.320. The highest BCUT2D eigenvalue weighted by atomic mass is 35.5. The molecule has 7 nitrogen and oxygen atoms in total. The molecule has 0 bridgehead atoms. The van der Waals surface area contributed by atoms with Gasteiger partial charge in [-0.25, -0.2) is 13.2 Å². The number of anilines is 1. The summed E-state index contributed by atoms with van der Waals surface area (Å²) in [6, 6.07) is 4.32. The molecule has 1 atom stereocenters. The minimum atomic E-state index is -3.77. The lowest BCUT2D eigenvalue weighted by Crippen LogP contribution is -2.53. The molecule has 114 valence electrons. The van der Waals surface area contributed by atoms with E-state index in [1.54, 1.807) is 11.0 Å². The van der Waals surface area contributed by atoms with Crippen LogP contribution in [0.2, 0.25) is 5.02 Å². The lowest BCUT2D eigenvalue weighted by atomic mass is 10.2. The quantitative estimate of drug-likeness (QED) is 0.763. The van der Waals surface area contributed by atoms with E-state index < -0.39 is 10.0 Å². The van der Waals surface area contributed by atoms with Gasteiger partial charge in [-0.05, 0) is 12.1 Å². The van der Waals surface area contributed by atoms with Crippen molar-refractivity contribution in [3.05, 3.63) is 23.2 Å². The average molecular weight is 331 g/mol. The van der Waals surface area contributed by atoms with E-state index in [2.05, 4.69) is 5.32 Å². The van der Waals surface area contributed by atoms with Gasteiger partial charge in [0.1, 0.15) is 4.90 Å². The van der Waals surface area contributed by atoms with Gasteiger partial charge >= 0.3 is 6.03 Å². The first-order valence-electron chi connectivity index (χ1n) is 6.50. The van der Waals surface area contributed by atoms with Crippen molar-refractivity contribution in [2.24, 2.45) is 0 Å². The Kier molecular flexibility index (Phi) is 3.46. The Morgan fingerprint density at radius 2 is 2.10 bits per heavy atom. The SMILES string of the molecule is Nc1cccc(Cl)c1S(=O)(=O)N1CCN2C(=O)NCC2C1. The second-order valence-corrected chi connectivity index (χ2v) is 7.34. The number of halogens is 1. The number of nitrogens with one attached hydrogen (secondary N) is 1. The maximum atomic E-state index is 12.7. The zero-order chi connectivity index (χ0) is 15.2. The van der Waals surface area contributed by atoms with E-state index in [0.717, 1.165) is 0 Å². The molecule has 21 heavy (non-hydrogen) atoms. The second-order valence-electron chi connectivity index (χ2n) is 5.05. The van der Waals surface area contributed by atoms with Crippen molar-refractivity contribution < 1.29 is 13.2 Å². The summed E-state index contributed by atoms with van der Waals surface area (Å²) < 4.78 is 26.8. The third kappa shape index (κ3) is 2.33. The fourth-order valence-electron chi connectivity index (χ4n) is 2.72. The summed E-state index contributed by atoms with van der Waals surface area (Å²) in [4.78, 5) is 13.1. The summed E-state index contributed by atoms with van der Waals surface area (Å²) in [6.07, 6.45) is 0. The Bertz CT molecular complexity index is 673. The molecule has 9 heteroatoms. The maximum absolute atomic E-state index is 12.7. The largest absolute Gasteiger partial charge is 0.398 e. The summed E-state index contributed by atoms with van der Waals surface area (Å²) in [5.41, 5.74) is 5.91. The zero-order valence-electron chi connectivity index (χ0n) is 11.1. The van der Waals surface area contributed by atoms with Gasteiger partial charge < -0.3 is 16.0 Å². The second kappa shape index (κ2) is 5.04. The van der Waals surface area contributed by atoms with Crippen LogP contribution in [0.1, 0.15) is 0 Å². The fourth-order valence-corrected chi connectivity index (χ4v) is 4.82. The topological polar surface area (TPSA) is 95.7 Å². The monoisotopic (exact) mass is 330 g/mol. The number of fused-ring (bicyclic) bond motifs is 1. The van der Waals surface area contributed by atoms with Crippen LogP contribution >= 0.6 is 11.6 Å². The summed E-state index contributed by atoms with van der Waals surface area (Å²) in [5, 5.41) is 2.82. The summed E-state index contributed by atoms with van der Waals surface area (Å²) in [7, 11) is -3.77. The van der Waals surface area contributed by atoms with Crippen LogP contribution in [0.5, 0.6) is 0 Å². The number of piperazine rings is 1. The Hall–Kier alpha value is -1.51. The Balaban J connectivity index is 1.91. The first-order valence-corrected chi connectivity index (χ1v) is 8.31. The smallest absolute Gasteiger partial charge is 0.317 e. The Morgan fingerprint density at radius 3 is 2.81 bits per heavy atom. The van der Waals surface area contributed by atoms with Crippen molar-refractivity contribution in [3.63, 3.8) is 0 Å². The molecule has 1 aromatic carbocycles. The number of hydrogen-bond donors (Lipinski definition) is 2. The number of carbonyl (C=O) groups is 1. The highest BCUT2D eigenvalue weighted by Gasteiger charge is 2.40. The third-order valence-electron chi connectivity index (χ3n) is 3.79.